The zero-order valence-corrected chi connectivity index (χ0v) is 12.2. The van der Waals surface area contributed by atoms with Crippen LogP contribution in [0.3, 0.4) is 0 Å². The Balaban J connectivity index is 0.000000514. The summed E-state index contributed by atoms with van der Waals surface area (Å²) in [6.07, 6.45) is 9.16. The molecule has 6 atom stereocenters. The molecule has 5 unspecified atom stereocenters. The van der Waals surface area contributed by atoms with Crippen LogP contribution in [0, 0.1) is 23.7 Å². The lowest BCUT2D eigenvalue weighted by molar-refractivity contribution is 0.0861. The predicted octanol–water partition coefficient (Wildman–Crippen LogP) is 4.23. The molecule has 3 aliphatic rings. The van der Waals surface area contributed by atoms with Crippen LogP contribution in [-0.4, -0.2) is 12.1 Å². The van der Waals surface area contributed by atoms with Crippen LogP contribution in [0.5, 0.6) is 0 Å². The first kappa shape index (κ1) is 13.4. The fourth-order valence-electron chi connectivity index (χ4n) is 4.77. The summed E-state index contributed by atoms with van der Waals surface area (Å²) in [5.74, 6) is 4.18. The van der Waals surface area contributed by atoms with Crippen molar-refractivity contribution >= 4 is 0 Å². The normalized spacial score (nSPS) is 48.7. The van der Waals surface area contributed by atoms with Crippen LogP contribution in [0.15, 0.2) is 0 Å². The molecule has 3 rings (SSSR count). The second kappa shape index (κ2) is 5.73. The van der Waals surface area contributed by atoms with Crippen molar-refractivity contribution in [3.63, 3.8) is 0 Å². The summed E-state index contributed by atoms with van der Waals surface area (Å²) >= 11 is 0. The number of rotatable bonds is 0. The van der Waals surface area contributed by atoms with Gasteiger partial charge in [-0.05, 0) is 50.4 Å². The first-order chi connectivity index (χ1) is 8.25. The van der Waals surface area contributed by atoms with E-state index in [2.05, 4.69) is 19.2 Å². The standard InChI is InChI=1S/C14H25N.C2H6/c1-9-13-7-11-5-3-4-6-12(11)8-14(13)10(2)15-9;1-2/h9-15H,3-8H2,1-2H3;1-2H3/t9-,10?,11?,12?,13?,14?;/m0./s1. The van der Waals surface area contributed by atoms with Crippen LogP contribution in [0.25, 0.3) is 0 Å². The molecule has 100 valence electrons. The lowest BCUT2D eigenvalue weighted by atomic mass is 9.62. The topological polar surface area (TPSA) is 12.0 Å². The first-order valence-corrected chi connectivity index (χ1v) is 8.01. The second-order valence-corrected chi connectivity index (χ2v) is 6.35. The summed E-state index contributed by atoms with van der Waals surface area (Å²) in [4.78, 5) is 0. The number of fused-ring (bicyclic) bond motifs is 2. The molecule has 17 heavy (non-hydrogen) atoms. The van der Waals surface area contributed by atoms with Gasteiger partial charge in [0, 0.05) is 12.1 Å². The Morgan fingerprint density at radius 2 is 1.18 bits per heavy atom. The maximum Gasteiger partial charge on any atom is 0.00729 e. The van der Waals surface area contributed by atoms with E-state index < -0.39 is 0 Å². The van der Waals surface area contributed by atoms with Gasteiger partial charge in [-0.2, -0.15) is 0 Å². The molecular formula is C16H31N. The minimum atomic E-state index is 0.785. The highest BCUT2D eigenvalue weighted by Gasteiger charge is 2.45. The highest BCUT2D eigenvalue weighted by atomic mass is 15.0. The summed E-state index contributed by atoms with van der Waals surface area (Å²) < 4.78 is 0. The highest BCUT2D eigenvalue weighted by molar-refractivity contribution is 4.99. The number of hydrogen-bond acceptors (Lipinski definition) is 1. The van der Waals surface area contributed by atoms with E-state index >= 15 is 0 Å². The Kier molecular flexibility index (Phi) is 4.52. The molecule has 0 aromatic heterocycles. The maximum absolute atomic E-state index is 3.77. The van der Waals surface area contributed by atoms with Gasteiger partial charge in [0.05, 0.1) is 0 Å². The molecule has 0 bridgehead atoms. The summed E-state index contributed by atoms with van der Waals surface area (Å²) in [6.45, 7) is 8.81. The molecule has 0 amide bonds. The monoisotopic (exact) mass is 237 g/mol. The van der Waals surface area contributed by atoms with Crippen molar-refractivity contribution in [3.05, 3.63) is 0 Å². The lowest BCUT2D eigenvalue weighted by Gasteiger charge is -2.43. The third kappa shape index (κ3) is 2.54. The van der Waals surface area contributed by atoms with Crippen LogP contribution >= 0.6 is 0 Å². The summed E-state index contributed by atoms with van der Waals surface area (Å²) in [5.41, 5.74) is 0. The van der Waals surface area contributed by atoms with Gasteiger partial charge in [-0.1, -0.05) is 39.5 Å². The molecule has 1 heteroatoms. The minimum Gasteiger partial charge on any atom is -0.311 e. The van der Waals surface area contributed by atoms with Crippen molar-refractivity contribution in [3.8, 4) is 0 Å². The molecule has 1 aliphatic heterocycles. The maximum atomic E-state index is 3.77. The van der Waals surface area contributed by atoms with Crippen molar-refractivity contribution in [1.29, 1.82) is 0 Å². The largest absolute Gasteiger partial charge is 0.311 e. The van der Waals surface area contributed by atoms with Crippen LogP contribution in [0.4, 0.5) is 0 Å². The zero-order chi connectivity index (χ0) is 12.4. The van der Waals surface area contributed by atoms with Crippen LogP contribution in [0.1, 0.15) is 66.2 Å². The van der Waals surface area contributed by atoms with Gasteiger partial charge in [-0.25, -0.2) is 0 Å². The number of hydrogen-bond donors (Lipinski definition) is 1. The minimum absolute atomic E-state index is 0.785. The Labute approximate surface area is 108 Å². The van der Waals surface area contributed by atoms with E-state index in [1.54, 1.807) is 0 Å². The molecule has 3 fully saturated rings. The molecule has 0 aromatic rings. The average molecular weight is 237 g/mol. The van der Waals surface area contributed by atoms with E-state index in [0.717, 1.165) is 35.8 Å². The highest BCUT2D eigenvalue weighted by Crippen LogP contribution is 2.49. The van der Waals surface area contributed by atoms with Gasteiger partial charge in [0.1, 0.15) is 0 Å². The quantitative estimate of drug-likeness (QED) is 0.665. The van der Waals surface area contributed by atoms with Crippen molar-refractivity contribution < 1.29 is 0 Å². The van der Waals surface area contributed by atoms with E-state index in [1.165, 1.54) is 38.5 Å². The molecule has 2 aliphatic carbocycles. The van der Waals surface area contributed by atoms with Crippen LogP contribution in [-0.2, 0) is 0 Å². The molecule has 0 radical (unpaired) electrons. The Morgan fingerprint density at radius 1 is 0.765 bits per heavy atom. The molecule has 1 nitrogen and oxygen atoms in total. The molecule has 0 aromatic carbocycles. The Morgan fingerprint density at radius 3 is 1.59 bits per heavy atom. The Hall–Kier alpha value is -0.0400. The first-order valence-electron chi connectivity index (χ1n) is 8.01. The smallest absolute Gasteiger partial charge is 0.00729 e. The van der Waals surface area contributed by atoms with Crippen molar-refractivity contribution in [2.75, 3.05) is 0 Å². The summed E-state index contributed by atoms with van der Waals surface area (Å²) in [7, 11) is 0. The average Bonchev–Trinajstić information content (AvgIpc) is 2.65. The van der Waals surface area contributed by atoms with E-state index in [9.17, 15) is 0 Å². The van der Waals surface area contributed by atoms with Gasteiger partial charge < -0.3 is 5.32 Å². The Bertz CT molecular complexity index is 214. The van der Waals surface area contributed by atoms with Gasteiger partial charge in [0.25, 0.3) is 0 Å². The van der Waals surface area contributed by atoms with Crippen molar-refractivity contribution in [2.45, 2.75) is 78.3 Å². The fraction of sp³-hybridized carbons (Fsp3) is 1.00. The number of nitrogens with one attached hydrogen (secondary N) is 1. The summed E-state index contributed by atoms with van der Waals surface area (Å²) in [5, 5.41) is 3.77. The molecule has 1 heterocycles. The fourth-order valence-corrected chi connectivity index (χ4v) is 4.77. The van der Waals surface area contributed by atoms with E-state index in [-0.39, 0.29) is 0 Å². The van der Waals surface area contributed by atoms with Gasteiger partial charge in [-0.15, -0.1) is 0 Å². The van der Waals surface area contributed by atoms with Crippen LogP contribution in [0.2, 0.25) is 0 Å². The van der Waals surface area contributed by atoms with Gasteiger partial charge in [0.15, 0.2) is 0 Å². The van der Waals surface area contributed by atoms with E-state index in [4.69, 9.17) is 0 Å². The van der Waals surface area contributed by atoms with E-state index in [1.807, 2.05) is 13.8 Å². The molecule has 2 saturated carbocycles. The zero-order valence-electron chi connectivity index (χ0n) is 12.2. The van der Waals surface area contributed by atoms with Crippen LogP contribution < -0.4 is 5.32 Å². The van der Waals surface area contributed by atoms with E-state index in [0.29, 0.717) is 0 Å². The van der Waals surface area contributed by atoms with Crippen molar-refractivity contribution in [1.82, 2.24) is 5.32 Å². The third-order valence-corrected chi connectivity index (χ3v) is 5.58. The molecule has 1 N–H and O–H groups in total. The lowest BCUT2D eigenvalue weighted by Crippen LogP contribution is -2.36. The van der Waals surface area contributed by atoms with Gasteiger partial charge in [-0.3, -0.25) is 0 Å². The molecule has 0 spiro atoms. The molecular weight excluding hydrogens is 206 g/mol. The van der Waals surface area contributed by atoms with Gasteiger partial charge >= 0.3 is 0 Å². The molecule has 1 saturated heterocycles. The SMILES string of the molecule is CC.CC1N[C@@H](C)C2CC3CCCCC3CC12. The predicted molar refractivity (Wildman–Crippen MR) is 75.1 cm³/mol. The van der Waals surface area contributed by atoms with Gasteiger partial charge in [0.2, 0.25) is 0 Å². The second-order valence-electron chi connectivity index (χ2n) is 6.35. The van der Waals surface area contributed by atoms with Crippen molar-refractivity contribution in [2.24, 2.45) is 23.7 Å². The summed E-state index contributed by atoms with van der Waals surface area (Å²) in [6, 6.07) is 1.57. The third-order valence-electron chi connectivity index (χ3n) is 5.58.